The second kappa shape index (κ2) is 4.93. The maximum absolute atomic E-state index is 10.8. The Hall–Kier alpha value is -0.940. The molecule has 1 atom stereocenters. The molecule has 1 fully saturated rings. The fourth-order valence-corrected chi connectivity index (χ4v) is 2.79. The van der Waals surface area contributed by atoms with Crippen molar-refractivity contribution in [2.45, 2.75) is 25.8 Å². The molecule has 1 saturated heterocycles. The van der Waals surface area contributed by atoms with Gasteiger partial charge in [-0.15, -0.1) is 11.3 Å². The Morgan fingerprint density at radius 1 is 1.62 bits per heavy atom. The van der Waals surface area contributed by atoms with Crippen LogP contribution < -0.4 is 0 Å². The first-order chi connectivity index (χ1) is 7.68. The van der Waals surface area contributed by atoms with E-state index < -0.39 is 5.97 Å². The largest absolute Gasteiger partial charge is 0.481 e. The van der Waals surface area contributed by atoms with E-state index in [1.54, 1.807) is 11.3 Å². The van der Waals surface area contributed by atoms with Gasteiger partial charge in [-0.2, -0.15) is 0 Å². The van der Waals surface area contributed by atoms with Gasteiger partial charge in [0.2, 0.25) is 0 Å². The van der Waals surface area contributed by atoms with Crippen molar-refractivity contribution in [2.24, 2.45) is 5.92 Å². The minimum absolute atomic E-state index is 0.154. The third-order valence-electron chi connectivity index (χ3n) is 3.31. The van der Waals surface area contributed by atoms with Crippen molar-refractivity contribution in [2.75, 3.05) is 13.1 Å². The summed E-state index contributed by atoms with van der Waals surface area (Å²) in [6.07, 6.45) is 1.51. The fourth-order valence-electron chi connectivity index (χ4n) is 2.15. The third-order valence-corrected chi connectivity index (χ3v) is 3.91. The smallest absolute Gasteiger partial charge is 0.306 e. The lowest BCUT2D eigenvalue weighted by Crippen LogP contribution is -2.37. The Balaban J connectivity index is 1.92. The molecular formula is C11H16N2O2S. The van der Waals surface area contributed by atoms with Crippen LogP contribution in [0.5, 0.6) is 0 Å². The molecule has 0 amide bonds. The maximum atomic E-state index is 10.8. The molecule has 16 heavy (non-hydrogen) atoms. The Kier molecular flexibility index (Phi) is 3.56. The summed E-state index contributed by atoms with van der Waals surface area (Å²) in [7, 11) is 0. The minimum atomic E-state index is -0.652. The van der Waals surface area contributed by atoms with E-state index in [1.807, 2.05) is 5.51 Å². The van der Waals surface area contributed by atoms with Crippen molar-refractivity contribution in [1.29, 1.82) is 0 Å². The monoisotopic (exact) mass is 240 g/mol. The van der Waals surface area contributed by atoms with Crippen LogP contribution in [0, 0.1) is 5.92 Å². The van der Waals surface area contributed by atoms with Crippen LogP contribution in [-0.4, -0.2) is 34.0 Å². The van der Waals surface area contributed by atoms with E-state index in [4.69, 9.17) is 5.11 Å². The van der Waals surface area contributed by atoms with Crippen molar-refractivity contribution >= 4 is 17.3 Å². The van der Waals surface area contributed by atoms with Crippen molar-refractivity contribution in [3.63, 3.8) is 0 Å². The zero-order chi connectivity index (χ0) is 11.5. The number of likely N-dealkylation sites (tertiary alicyclic amines) is 1. The van der Waals surface area contributed by atoms with E-state index in [-0.39, 0.29) is 5.92 Å². The summed E-state index contributed by atoms with van der Waals surface area (Å²) >= 11 is 1.61. The molecule has 1 N–H and O–H groups in total. The Bertz CT molecular complexity index is 345. The first-order valence-corrected chi connectivity index (χ1v) is 6.47. The number of hydrogen-bond acceptors (Lipinski definition) is 4. The van der Waals surface area contributed by atoms with E-state index in [0.717, 1.165) is 31.6 Å². The molecule has 2 rings (SSSR count). The number of carboxylic acid groups (broad SMARTS) is 1. The van der Waals surface area contributed by atoms with Crippen molar-refractivity contribution in [3.05, 3.63) is 16.6 Å². The molecule has 88 valence electrons. The number of thiazole rings is 1. The van der Waals surface area contributed by atoms with E-state index in [0.29, 0.717) is 6.04 Å². The normalized spacial score (nSPS) is 20.8. The molecule has 0 aromatic carbocycles. The first-order valence-electron chi connectivity index (χ1n) is 5.53. The summed E-state index contributed by atoms with van der Waals surface area (Å²) in [4.78, 5) is 17.5. The molecule has 1 aromatic heterocycles. The molecule has 0 aliphatic carbocycles. The number of rotatable bonds is 3. The highest BCUT2D eigenvalue weighted by atomic mass is 32.1. The van der Waals surface area contributed by atoms with Gasteiger partial charge in [0.05, 0.1) is 23.2 Å². The van der Waals surface area contributed by atoms with Gasteiger partial charge in [0.25, 0.3) is 0 Å². The zero-order valence-corrected chi connectivity index (χ0v) is 10.1. The maximum Gasteiger partial charge on any atom is 0.306 e. The molecule has 1 aromatic rings. The predicted octanol–water partition coefficient (Wildman–Crippen LogP) is 2.00. The van der Waals surface area contributed by atoms with E-state index >= 15 is 0 Å². The Morgan fingerprint density at radius 2 is 2.31 bits per heavy atom. The molecule has 0 radical (unpaired) electrons. The Morgan fingerprint density at radius 3 is 2.81 bits per heavy atom. The predicted molar refractivity (Wildman–Crippen MR) is 62.5 cm³/mol. The fraction of sp³-hybridized carbons (Fsp3) is 0.636. The molecule has 4 nitrogen and oxygen atoms in total. The molecule has 0 bridgehead atoms. The molecular weight excluding hydrogens is 224 g/mol. The molecule has 5 heteroatoms. The molecule has 1 aliphatic rings. The van der Waals surface area contributed by atoms with Gasteiger partial charge in [-0.05, 0) is 32.9 Å². The lowest BCUT2D eigenvalue weighted by molar-refractivity contribution is -0.143. The van der Waals surface area contributed by atoms with Gasteiger partial charge in [0, 0.05) is 5.38 Å². The highest BCUT2D eigenvalue weighted by molar-refractivity contribution is 7.07. The molecule has 0 saturated carbocycles. The third kappa shape index (κ3) is 2.41. The number of aromatic nitrogens is 1. The lowest BCUT2D eigenvalue weighted by Gasteiger charge is -2.33. The standard InChI is InChI=1S/C11H16N2O2S/c1-8(10-6-16-7-12-10)13-4-2-9(3-5-13)11(14)15/h6-9H,2-5H2,1H3,(H,14,15). The minimum Gasteiger partial charge on any atom is -0.481 e. The van der Waals surface area contributed by atoms with Crippen LogP contribution in [0.2, 0.25) is 0 Å². The average molecular weight is 240 g/mol. The molecule has 0 spiro atoms. The van der Waals surface area contributed by atoms with Crippen molar-refractivity contribution in [3.8, 4) is 0 Å². The summed E-state index contributed by atoms with van der Waals surface area (Å²) in [6, 6.07) is 0.306. The van der Waals surface area contributed by atoms with Crippen LogP contribution in [0.25, 0.3) is 0 Å². The quantitative estimate of drug-likeness (QED) is 0.878. The number of nitrogens with zero attached hydrogens (tertiary/aromatic N) is 2. The van der Waals surface area contributed by atoms with Gasteiger partial charge < -0.3 is 5.11 Å². The van der Waals surface area contributed by atoms with E-state index in [2.05, 4.69) is 22.2 Å². The number of hydrogen-bond donors (Lipinski definition) is 1. The van der Waals surface area contributed by atoms with Gasteiger partial charge in [-0.3, -0.25) is 9.69 Å². The number of carboxylic acids is 1. The second-order valence-electron chi connectivity index (χ2n) is 4.24. The molecule has 1 aliphatic heterocycles. The van der Waals surface area contributed by atoms with E-state index in [1.165, 1.54) is 0 Å². The van der Waals surface area contributed by atoms with Crippen LogP contribution in [0.4, 0.5) is 0 Å². The topological polar surface area (TPSA) is 53.4 Å². The second-order valence-corrected chi connectivity index (χ2v) is 4.96. The van der Waals surface area contributed by atoms with Gasteiger partial charge in [-0.1, -0.05) is 0 Å². The van der Waals surface area contributed by atoms with Gasteiger partial charge in [0.15, 0.2) is 0 Å². The summed E-state index contributed by atoms with van der Waals surface area (Å²) in [5.74, 6) is -0.806. The van der Waals surface area contributed by atoms with Crippen LogP contribution in [-0.2, 0) is 4.79 Å². The number of piperidine rings is 1. The van der Waals surface area contributed by atoms with Gasteiger partial charge in [0.1, 0.15) is 0 Å². The van der Waals surface area contributed by atoms with Crippen molar-refractivity contribution < 1.29 is 9.90 Å². The Labute approximate surface area is 98.9 Å². The van der Waals surface area contributed by atoms with Crippen LogP contribution in [0.3, 0.4) is 0 Å². The van der Waals surface area contributed by atoms with Crippen LogP contribution in [0.15, 0.2) is 10.9 Å². The summed E-state index contributed by atoms with van der Waals surface area (Å²) in [6.45, 7) is 3.85. The lowest BCUT2D eigenvalue weighted by atomic mass is 9.96. The summed E-state index contributed by atoms with van der Waals surface area (Å²) < 4.78 is 0. The zero-order valence-electron chi connectivity index (χ0n) is 9.30. The SMILES string of the molecule is CC(c1cscn1)N1CCC(C(=O)O)CC1. The van der Waals surface area contributed by atoms with Gasteiger partial charge >= 0.3 is 5.97 Å². The highest BCUT2D eigenvalue weighted by Crippen LogP contribution is 2.26. The molecule has 2 heterocycles. The number of carbonyl (C=O) groups is 1. The van der Waals surface area contributed by atoms with Crippen LogP contribution in [0.1, 0.15) is 31.5 Å². The average Bonchev–Trinajstić information content (AvgIpc) is 2.81. The molecule has 1 unspecified atom stereocenters. The van der Waals surface area contributed by atoms with Crippen molar-refractivity contribution in [1.82, 2.24) is 9.88 Å². The highest BCUT2D eigenvalue weighted by Gasteiger charge is 2.27. The first kappa shape index (κ1) is 11.5. The number of aliphatic carboxylic acids is 1. The van der Waals surface area contributed by atoms with Crippen LogP contribution >= 0.6 is 11.3 Å². The summed E-state index contributed by atoms with van der Waals surface area (Å²) in [5.41, 5.74) is 2.94. The van der Waals surface area contributed by atoms with E-state index in [9.17, 15) is 4.79 Å². The van der Waals surface area contributed by atoms with Gasteiger partial charge in [-0.25, -0.2) is 4.98 Å². The summed E-state index contributed by atoms with van der Waals surface area (Å²) in [5, 5.41) is 11.0.